The maximum atomic E-state index is 13.1. The van der Waals surface area contributed by atoms with Crippen LogP contribution in [0.3, 0.4) is 0 Å². The molecule has 2 aromatic rings. The summed E-state index contributed by atoms with van der Waals surface area (Å²) in [5.74, 6) is -1.07. The highest BCUT2D eigenvalue weighted by atomic mass is 79.9. The van der Waals surface area contributed by atoms with Gasteiger partial charge in [-0.25, -0.2) is 4.98 Å². The molecule has 0 saturated heterocycles. The van der Waals surface area contributed by atoms with Crippen molar-refractivity contribution in [2.75, 3.05) is 6.54 Å². The van der Waals surface area contributed by atoms with Gasteiger partial charge >= 0.3 is 6.18 Å². The van der Waals surface area contributed by atoms with Crippen LogP contribution in [0.5, 0.6) is 0 Å². The number of carbonyl (C=O) groups is 1. The Bertz CT molecular complexity index is 863. The predicted octanol–water partition coefficient (Wildman–Crippen LogP) is 4.00. The minimum absolute atomic E-state index is 0.0209. The number of imidazole rings is 1. The normalized spacial score (nSPS) is 21.9. The quantitative estimate of drug-likeness (QED) is 0.696. The number of ether oxygens (including phenoxy) is 1. The van der Waals surface area contributed by atoms with Crippen LogP contribution in [0, 0.1) is 5.92 Å². The van der Waals surface area contributed by atoms with Crippen LogP contribution in [0.1, 0.15) is 29.9 Å². The van der Waals surface area contributed by atoms with E-state index in [2.05, 4.69) is 20.9 Å². The lowest BCUT2D eigenvalue weighted by Crippen LogP contribution is -2.47. The summed E-state index contributed by atoms with van der Waals surface area (Å²) < 4.78 is 46.4. The molecule has 0 radical (unpaired) electrons. The minimum atomic E-state index is -4.51. The average Bonchev–Trinajstić information content (AvgIpc) is 2.98. The van der Waals surface area contributed by atoms with Crippen LogP contribution in [-0.2, 0) is 35.4 Å². The zero-order valence-corrected chi connectivity index (χ0v) is 16.5. The number of nitrogens with zero attached hydrogens (tertiary/aromatic N) is 3. The molecule has 0 N–H and O–H groups in total. The first-order valence-corrected chi connectivity index (χ1v) is 9.88. The zero-order chi connectivity index (χ0) is 19.9. The summed E-state index contributed by atoms with van der Waals surface area (Å²) >= 11 is 3.10. The molecular weight excluding hydrogens is 439 g/mol. The van der Waals surface area contributed by atoms with Gasteiger partial charge in [-0.1, -0.05) is 30.3 Å². The van der Waals surface area contributed by atoms with Crippen molar-refractivity contribution in [3.63, 3.8) is 0 Å². The monoisotopic (exact) mass is 457 g/mol. The molecule has 1 aromatic heterocycles. The van der Waals surface area contributed by atoms with E-state index >= 15 is 0 Å². The maximum absolute atomic E-state index is 13.1. The van der Waals surface area contributed by atoms with E-state index in [9.17, 15) is 18.0 Å². The summed E-state index contributed by atoms with van der Waals surface area (Å²) in [6.45, 7) is 0.996. The molecule has 1 aromatic carbocycles. The second-order valence-corrected chi connectivity index (χ2v) is 7.92. The molecule has 2 aliphatic rings. The molecule has 1 amide bonds. The Kier molecular flexibility index (Phi) is 5.22. The molecule has 0 atom stereocenters. The number of rotatable bonds is 4. The van der Waals surface area contributed by atoms with Crippen molar-refractivity contribution in [1.29, 1.82) is 0 Å². The molecule has 1 aliphatic heterocycles. The summed E-state index contributed by atoms with van der Waals surface area (Å²) in [6.07, 6.45) is -3.16. The molecule has 0 bridgehead atoms. The summed E-state index contributed by atoms with van der Waals surface area (Å²) in [6, 6.07) is 9.84. The number of carbonyl (C=O) groups excluding carboxylic acids is 1. The summed E-state index contributed by atoms with van der Waals surface area (Å²) in [7, 11) is 0. The van der Waals surface area contributed by atoms with E-state index in [0.29, 0.717) is 25.1 Å². The fourth-order valence-electron chi connectivity index (χ4n) is 3.68. The van der Waals surface area contributed by atoms with Crippen LogP contribution in [0.15, 0.2) is 34.9 Å². The molecule has 1 aliphatic carbocycles. The number of aromatic nitrogens is 2. The first-order valence-electron chi connectivity index (χ1n) is 9.09. The zero-order valence-electron chi connectivity index (χ0n) is 15.0. The third-order valence-corrected chi connectivity index (χ3v) is 5.93. The Hall–Kier alpha value is -1.87. The molecule has 0 unspecified atom stereocenters. The first-order chi connectivity index (χ1) is 13.3. The van der Waals surface area contributed by atoms with Gasteiger partial charge in [0, 0.05) is 19.0 Å². The van der Waals surface area contributed by atoms with E-state index in [1.807, 2.05) is 30.3 Å². The van der Waals surface area contributed by atoms with E-state index in [0.717, 1.165) is 10.1 Å². The Morgan fingerprint density at radius 3 is 2.61 bits per heavy atom. The number of amides is 1. The Balaban J connectivity index is 1.32. The fraction of sp³-hybridized carbons (Fsp3) is 0.474. The number of fused-ring (bicyclic) bond motifs is 1. The van der Waals surface area contributed by atoms with Gasteiger partial charge in [0.15, 0.2) is 0 Å². The lowest BCUT2D eigenvalue weighted by Gasteiger charge is -2.39. The SMILES string of the molecule is O=C(C1CC(OCc2ccccc2)C1)N1CCn2c(C(F)(F)F)nc(Br)c2C1. The fourth-order valence-corrected chi connectivity index (χ4v) is 4.19. The molecule has 1 fully saturated rings. The molecule has 1 saturated carbocycles. The van der Waals surface area contributed by atoms with Crippen LogP contribution >= 0.6 is 15.9 Å². The van der Waals surface area contributed by atoms with Gasteiger partial charge in [-0.3, -0.25) is 4.79 Å². The highest BCUT2D eigenvalue weighted by molar-refractivity contribution is 9.10. The van der Waals surface area contributed by atoms with E-state index in [1.165, 1.54) is 0 Å². The molecule has 28 heavy (non-hydrogen) atoms. The van der Waals surface area contributed by atoms with Gasteiger partial charge in [0.05, 0.1) is 24.9 Å². The van der Waals surface area contributed by atoms with E-state index in [1.54, 1.807) is 4.90 Å². The third kappa shape index (κ3) is 3.82. The van der Waals surface area contributed by atoms with Gasteiger partial charge in [0.1, 0.15) is 4.60 Å². The minimum Gasteiger partial charge on any atom is -0.373 e. The van der Waals surface area contributed by atoms with Crippen molar-refractivity contribution >= 4 is 21.8 Å². The summed E-state index contributed by atoms with van der Waals surface area (Å²) in [4.78, 5) is 18.0. The highest BCUT2D eigenvalue weighted by Crippen LogP contribution is 2.36. The number of halogens is 4. The molecule has 0 spiro atoms. The van der Waals surface area contributed by atoms with E-state index in [4.69, 9.17) is 4.74 Å². The molecule has 2 heterocycles. The first kappa shape index (κ1) is 19.4. The largest absolute Gasteiger partial charge is 0.449 e. The van der Waals surface area contributed by atoms with Crippen molar-refractivity contribution in [3.05, 3.63) is 52.0 Å². The molecular formula is C19H19BrF3N3O2. The summed E-state index contributed by atoms with van der Waals surface area (Å²) in [5, 5.41) is 0. The van der Waals surface area contributed by atoms with E-state index < -0.39 is 12.0 Å². The molecule has 150 valence electrons. The maximum Gasteiger partial charge on any atom is 0.449 e. The highest BCUT2D eigenvalue weighted by Gasteiger charge is 2.42. The topological polar surface area (TPSA) is 47.4 Å². The standard InChI is InChI=1S/C19H19BrF3N3O2/c20-16-15-10-25(6-7-26(15)18(24-16)19(21,22)23)17(27)13-8-14(9-13)28-11-12-4-2-1-3-5-12/h1-5,13-14H,6-11H2. The average molecular weight is 458 g/mol. The Labute approximate surface area is 168 Å². The number of hydrogen-bond donors (Lipinski definition) is 0. The lowest BCUT2D eigenvalue weighted by atomic mass is 9.81. The van der Waals surface area contributed by atoms with Crippen molar-refractivity contribution in [2.45, 2.75) is 44.8 Å². The van der Waals surface area contributed by atoms with Crippen LogP contribution in [-0.4, -0.2) is 33.0 Å². The van der Waals surface area contributed by atoms with Crippen LogP contribution in [0.25, 0.3) is 0 Å². The van der Waals surface area contributed by atoms with Crippen molar-refractivity contribution in [3.8, 4) is 0 Å². The molecule has 5 nitrogen and oxygen atoms in total. The van der Waals surface area contributed by atoms with Crippen molar-refractivity contribution in [1.82, 2.24) is 14.5 Å². The van der Waals surface area contributed by atoms with Crippen LogP contribution < -0.4 is 0 Å². The van der Waals surface area contributed by atoms with Crippen molar-refractivity contribution < 1.29 is 22.7 Å². The third-order valence-electron chi connectivity index (χ3n) is 5.30. The van der Waals surface area contributed by atoms with Crippen molar-refractivity contribution in [2.24, 2.45) is 5.92 Å². The van der Waals surface area contributed by atoms with Gasteiger partial charge in [0.2, 0.25) is 11.7 Å². The number of benzene rings is 1. The summed E-state index contributed by atoms with van der Waals surface area (Å²) in [5.41, 5.74) is 1.48. The van der Waals surface area contributed by atoms with Gasteiger partial charge in [-0.2, -0.15) is 13.2 Å². The molecule has 4 rings (SSSR count). The Morgan fingerprint density at radius 1 is 1.21 bits per heavy atom. The number of hydrogen-bond acceptors (Lipinski definition) is 3. The van der Waals surface area contributed by atoms with Crippen LogP contribution in [0.2, 0.25) is 0 Å². The smallest absolute Gasteiger partial charge is 0.373 e. The number of alkyl halides is 3. The van der Waals surface area contributed by atoms with Gasteiger partial charge < -0.3 is 14.2 Å². The second-order valence-electron chi connectivity index (χ2n) is 7.17. The van der Waals surface area contributed by atoms with Gasteiger partial charge in [-0.05, 0) is 34.3 Å². The van der Waals surface area contributed by atoms with Gasteiger partial charge in [-0.15, -0.1) is 0 Å². The predicted molar refractivity (Wildman–Crippen MR) is 98.1 cm³/mol. The second kappa shape index (κ2) is 7.51. The van der Waals surface area contributed by atoms with E-state index in [-0.39, 0.29) is 42.2 Å². The Morgan fingerprint density at radius 2 is 1.93 bits per heavy atom. The lowest BCUT2D eigenvalue weighted by molar-refractivity contribution is -0.150. The van der Waals surface area contributed by atoms with Gasteiger partial charge in [0.25, 0.3) is 0 Å². The van der Waals surface area contributed by atoms with Crippen LogP contribution in [0.4, 0.5) is 13.2 Å². The molecule has 9 heteroatoms.